The van der Waals surface area contributed by atoms with Crippen molar-refractivity contribution in [3.8, 4) is 0 Å². The van der Waals surface area contributed by atoms with E-state index in [-0.39, 0.29) is 12.1 Å². The largest absolute Gasteiger partial charge is 0.348 e. The Labute approximate surface area is 145 Å². The van der Waals surface area contributed by atoms with E-state index >= 15 is 0 Å². The lowest BCUT2D eigenvalue weighted by Gasteiger charge is -2.39. The van der Waals surface area contributed by atoms with Crippen molar-refractivity contribution in [1.29, 1.82) is 0 Å². The number of rotatable bonds is 2. The molecule has 5 heteroatoms. The van der Waals surface area contributed by atoms with Crippen molar-refractivity contribution in [2.75, 3.05) is 11.9 Å². The molecule has 1 aromatic heterocycles. The second-order valence-corrected chi connectivity index (χ2v) is 7.26. The van der Waals surface area contributed by atoms with Gasteiger partial charge in [0, 0.05) is 35.1 Å². The average Bonchev–Trinajstić information content (AvgIpc) is 2.98. The van der Waals surface area contributed by atoms with Crippen LogP contribution in [0.4, 0.5) is 10.5 Å². The third-order valence-electron chi connectivity index (χ3n) is 4.39. The third kappa shape index (κ3) is 3.15. The quantitative estimate of drug-likeness (QED) is 0.803. The summed E-state index contributed by atoms with van der Waals surface area (Å²) in [4.78, 5) is 14.8. The van der Waals surface area contributed by atoms with Crippen LogP contribution in [-0.4, -0.2) is 22.0 Å². The van der Waals surface area contributed by atoms with Crippen LogP contribution in [0.25, 0.3) is 0 Å². The predicted molar refractivity (Wildman–Crippen MR) is 96.6 cm³/mol. The summed E-state index contributed by atoms with van der Waals surface area (Å²) in [5.41, 5.74) is 3.16. The number of fused-ring (bicyclic) bond motifs is 1. The van der Waals surface area contributed by atoms with Crippen molar-refractivity contribution < 1.29 is 4.79 Å². The molecule has 0 aliphatic carbocycles. The highest BCUT2D eigenvalue weighted by atomic mass is 79.9. The molecule has 3 rings (SSSR count). The summed E-state index contributed by atoms with van der Waals surface area (Å²) >= 11 is 3.49. The molecule has 122 valence electrons. The van der Waals surface area contributed by atoms with Gasteiger partial charge in [-0.2, -0.15) is 0 Å². The zero-order valence-corrected chi connectivity index (χ0v) is 15.3. The summed E-state index contributed by atoms with van der Waals surface area (Å²) in [5, 5.41) is 3.04. The van der Waals surface area contributed by atoms with Crippen LogP contribution in [0.3, 0.4) is 0 Å². The number of urea groups is 1. The highest BCUT2D eigenvalue weighted by Crippen LogP contribution is 2.33. The summed E-state index contributed by atoms with van der Waals surface area (Å²) in [6.07, 6.45) is 2.10. The van der Waals surface area contributed by atoms with Crippen molar-refractivity contribution in [2.24, 2.45) is 5.92 Å². The summed E-state index contributed by atoms with van der Waals surface area (Å²) in [6, 6.07) is 10.1. The molecular formula is C18H22BrN3O. The molecule has 2 amide bonds. The molecule has 4 nitrogen and oxygen atoms in total. The molecule has 0 radical (unpaired) electrons. The fraction of sp³-hybridized carbons (Fsp3) is 0.389. The van der Waals surface area contributed by atoms with Gasteiger partial charge < -0.3 is 14.8 Å². The molecule has 1 aliphatic rings. The van der Waals surface area contributed by atoms with Gasteiger partial charge in [-0.3, -0.25) is 0 Å². The normalized spacial score (nSPS) is 17.3. The van der Waals surface area contributed by atoms with Crippen LogP contribution in [0.5, 0.6) is 0 Å². The summed E-state index contributed by atoms with van der Waals surface area (Å²) in [7, 11) is 0. The minimum atomic E-state index is -0.0297. The molecule has 0 saturated heterocycles. The highest BCUT2D eigenvalue weighted by molar-refractivity contribution is 9.10. The number of anilines is 1. The molecule has 1 atom stereocenters. The maximum atomic E-state index is 12.8. The molecule has 0 fully saturated rings. The summed E-state index contributed by atoms with van der Waals surface area (Å²) in [6.45, 7) is 7.92. The number of nitrogens with zero attached hydrogens (tertiary/aromatic N) is 2. The lowest BCUT2D eigenvalue weighted by atomic mass is 9.97. The smallest absolute Gasteiger partial charge is 0.322 e. The van der Waals surface area contributed by atoms with Crippen molar-refractivity contribution >= 4 is 27.6 Å². The Morgan fingerprint density at radius 3 is 2.78 bits per heavy atom. The van der Waals surface area contributed by atoms with Crippen LogP contribution >= 0.6 is 15.9 Å². The molecule has 1 aliphatic heterocycles. The number of nitrogens with one attached hydrogen (secondary N) is 1. The molecule has 1 unspecified atom stereocenters. The molecule has 1 N–H and O–H groups in total. The first-order valence-corrected chi connectivity index (χ1v) is 8.75. The van der Waals surface area contributed by atoms with Gasteiger partial charge in [-0.25, -0.2) is 4.79 Å². The van der Waals surface area contributed by atoms with Crippen LogP contribution in [0.2, 0.25) is 0 Å². The first-order chi connectivity index (χ1) is 11.0. The van der Waals surface area contributed by atoms with Crippen LogP contribution in [0.15, 0.2) is 41.0 Å². The molecule has 1 aromatic carbocycles. The van der Waals surface area contributed by atoms with Gasteiger partial charge in [0.1, 0.15) is 0 Å². The number of hydrogen-bond acceptors (Lipinski definition) is 1. The second kappa shape index (κ2) is 6.40. The van der Waals surface area contributed by atoms with Crippen LogP contribution < -0.4 is 5.32 Å². The van der Waals surface area contributed by atoms with Crippen molar-refractivity contribution in [3.05, 3.63) is 52.3 Å². The van der Waals surface area contributed by atoms with E-state index in [0.29, 0.717) is 5.92 Å². The Bertz CT molecular complexity index is 723. The monoisotopic (exact) mass is 375 g/mol. The predicted octanol–water partition coefficient (Wildman–Crippen LogP) is 4.80. The van der Waals surface area contributed by atoms with Crippen LogP contribution in [0.1, 0.15) is 31.1 Å². The van der Waals surface area contributed by atoms with Gasteiger partial charge >= 0.3 is 6.03 Å². The first kappa shape index (κ1) is 16.1. The molecule has 2 aromatic rings. The van der Waals surface area contributed by atoms with E-state index in [0.717, 1.165) is 28.8 Å². The van der Waals surface area contributed by atoms with Crippen molar-refractivity contribution in [1.82, 2.24) is 9.47 Å². The molecule has 23 heavy (non-hydrogen) atoms. The lowest BCUT2D eigenvalue weighted by molar-refractivity contribution is 0.144. The van der Waals surface area contributed by atoms with E-state index in [2.05, 4.69) is 58.0 Å². The van der Waals surface area contributed by atoms with E-state index in [1.165, 1.54) is 5.69 Å². The summed E-state index contributed by atoms with van der Waals surface area (Å²) in [5.74, 6) is 0.362. The molecule has 2 heterocycles. The van der Waals surface area contributed by atoms with Crippen molar-refractivity contribution in [2.45, 2.75) is 33.4 Å². The second-order valence-electron chi connectivity index (χ2n) is 6.40. The van der Waals surface area contributed by atoms with Crippen molar-refractivity contribution in [3.63, 3.8) is 0 Å². The van der Waals surface area contributed by atoms with E-state index in [1.807, 2.05) is 30.0 Å². The number of amides is 2. The zero-order chi connectivity index (χ0) is 16.6. The highest BCUT2D eigenvalue weighted by Gasteiger charge is 2.32. The number of carbonyl (C=O) groups is 1. The van der Waals surface area contributed by atoms with Gasteiger partial charge in [-0.05, 0) is 48.7 Å². The van der Waals surface area contributed by atoms with Gasteiger partial charge in [-0.1, -0.05) is 29.8 Å². The molecule has 0 saturated carbocycles. The first-order valence-electron chi connectivity index (χ1n) is 7.96. The Hall–Kier alpha value is -1.75. The minimum Gasteiger partial charge on any atom is -0.348 e. The number of halogens is 1. The fourth-order valence-electron chi connectivity index (χ4n) is 3.26. The summed E-state index contributed by atoms with van der Waals surface area (Å²) < 4.78 is 3.30. The van der Waals surface area contributed by atoms with Gasteiger partial charge in [0.05, 0.1) is 6.04 Å². The average molecular weight is 376 g/mol. The Morgan fingerprint density at radius 2 is 2.09 bits per heavy atom. The van der Waals surface area contributed by atoms with E-state index < -0.39 is 0 Å². The standard InChI is InChI=1S/C18H22BrN3O/c1-12(2)17-16-5-4-8-21(16)9-10-22(17)18(23)20-14-6-7-15(19)13(3)11-14/h4-8,11-12,17H,9-10H2,1-3H3,(H,20,23). The fourth-order valence-corrected chi connectivity index (χ4v) is 3.51. The van der Waals surface area contributed by atoms with E-state index in [9.17, 15) is 4.79 Å². The number of aryl methyl sites for hydroxylation is 1. The Morgan fingerprint density at radius 1 is 1.30 bits per heavy atom. The minimum absolute atomic E-state index is 0.0297. The topological polar surface area (TPSA) is 37.3 Å². The Balaban J connectivity index is 1.82. The number of hydrogen-bond donors (Lipinski definition) is 1. The lowest BCUT2D eigenvalue weighted by Crippen LogP contribution is -2.45. The van der Waals surface area contributed by atoms with E-state index in [4.69, 9.17) is 0 Å². The Kier molecular flexibility index (Phi) is 4.48. The van der Waals surface area contributed by atoms with Gasteiger partial charge in [0.25, 0.3) is 0 Å². The molecule has 0 bridgehead atoms. The van der Waals surface area contributed by atoms with Gasteiger partial charge in [0.2, 0.25) is 0 Å². The number of benzene rings is 1. The maximum Gasteiger partial charge on any atom is 0.322 e. The maximum absolute atomic E-state index is 12.8. The molecular weight excluding hydrogens is 354 g/mol. The number of carbonyl (C=O) groups excluding carboxylic acids is 1. The van der Waals surface area contributed by atoms with Crippen LogP contribution in [-0.2, 0) is 6.54 Å². The zero-order valence-electron chi connectivity index (χ0n) is 13.7. The van der Waals surface area contributed by atoms with Crippen LogP contribution in [0, 0.1) is 12.8 Å². The SMILES string of the molecule is Cc1cc(NC(=O)N2CCn3cccc3C2C(C)C)ccc1Br. The molecule has 0 spiro atoms. The van der Waals surface area contributed by atoms with E-state index in [1.54, 1.807) is 0 Å². The number of aromatic nitrogens is 1. The van der Waals surface area contributed by atoms with Gasteiger partial charge in [-0.15, -0.1) is 0 Å². The van der Waals surface area contributed by atoms with Gasteiger partial charge in [0.15, 0.2) is 0 Å². The third-order valence-corrected chi connectivity index (χ3v) is 5.28.